The van der Waals surface area contributed by atoms with Crippen LogP contribution in [0, 0.1) is 11.6 Å². The summed E-state index contributed by atoms with van der Waals surface area (Å²) in [5.41, 5.74) is 2.06. The van der Waals surface area contributed by atoms with Crippen LogP contribution in [0.25, 0.3) is 5.69 Å². The van der Waals surface area contributed by atoms with Crippen LogP contribution in [0.1, 0.15) is 44.6 Å². The van der Waals surface area contributed by atoms with Gasteiger partial charge in [0.2, 0.25) is 0 Å². The number of aromatic nitrogens is 3. The van der Waals surface area contributed by atoms with Crippen LogP contribution in [0.5, 0.6) is 0 Å². The molecule has 0 fully saturated rings. The second kappa shape index (κ2) is 6.76. The van der Waals surface area contributed by atoms with Crippen molar-refractivity contribution in [3.05, 3.63) is 41.2 Å². The van der Waals surface area contributed by atoms with Gasteiger partial charge in [0.15, 0.2) is 0 Å². The highest BCUT2D eigenvalue weighted by atomic mass is 19.1. The minimum absolute atomic E-state index is 0.0945. The predicted molar refractivity (Wildman–Crippen MR) is 77.4 cm³/mol. The minimum atomic E-state index is -0.622. The number of nitrogens with one attached hydrogen (secondary N) is 1. The molecule has 21 heavy (non-hydrogen) atoms. The number of nitrogens with zero attached hydrogens (tertiary/aromatic N) is 3. The average molecular weight is 294 g/mol. The maximum absolute atomic E-state index is 13.4. The molecule has 0 spiro atoms. The molecule has 0 bridgehead atoms. The molecule has 0 aliphatic carbocycles. The lowest BCUT2D eigenvalue weighted by atomic mass is 10.1. The topological polar surface area (TPSA) is 42.7 Å². The average Bonchev–Trinajstić information content (AvgIpc) is 2.87. The van der Waals surface area contributed by atoms with Gasteiger partial charge in [-0.25, -0.2) is 13.5 Å². The second-order valence-electron chi connectivity index (χ2n) is 4.83. The van der Waals surface area contributed by atoms with Crippen LogP contribution in [0.2, 0.25) is 0 Å². The summed E-state index contributed by atoms with van der Waals surface area (Å²) in [6.45, 7) is 6.89. The highest BCUT2D eigenvalue weighted by Gasteiger charge is 2.20. The third-order valence-electron chi connectivity index (χ3n) is 3.41. The predicted octanol–water partition coefficient (Wildman–Crippen LogP) is 3.17. The minimum Gasteiger partial charge on any atom is -0.309 e. The molecule has 6 heteroatoms. The van der Waals surface area contributed by atoms with E-state index in [1.807, 2.05) is 13.8 Å². The van der Waals surface area contributed by atoms with Gasteiger partial charge in [0.25, 0.3) is 0 Å². The largest absolute Gasteiger partial charge is 0.309 e. The molecule has 114 valence electrons. The Hall–Kier alpha value is -1.82. The summed E-state index contributed by atoms with van der Waals surface area (Å²) >= 11 is 0. The van der Waals surface area contributed by atoms with E-state index in [1.165, 1.54) is 16.8 Å². The Balaban J connectivity index is 2.48. The number of rotatable bonds is 6. The molecule has 0 aliphatic heterocycles. The summed E-state index contributed by atoms with van der Waals surface area (Å²) in [7, 11) is 0. The molecule has 1 atom stereocenters. The number of hydrogen-bond donors (Lipinski definition) is 1. The van der Waals surface area contributed by atoms with Crippen molar-refractivity contribution >= 4 is 0 Å². The number of hydrogen-bond acceptors (Lipinski definition) is 3. The molecular weight excluding hydrogens is 274 g/mol. The van der Waals surface area contributed by atoms with E-state index in [2.05, 4.69) is 22.6 Å². The normalized spacial score (nSPS) is 12.6. The van der Waals surface area contributed by atoms with Crippen molar-refractivity contribution in [2.75, 3.05) is 6.54 Å². The van der Waals surface area contributed by atoms with Crippen molar-refractivity contribution in [1.82, 2.24) is 20.3 Å². The third kappa shape index (κ3) is 3.26. The molecule has 0 saturated carbocycles. The van der Waals surface area contributed by atoms with Crippen LogP contribution in [0.4, 0.5) is 8.78 Å². The Bertz CT molecular complexity index is 589. The van der Waals surface area contributed by atoms with Crippen molar-refractivity contribution in [2.24, 2.45) is 0 Å². The van der Waals surface area contributed by atoms with Gasteiger partial charge in [-0.3, -0.25) is 0 Å². The molecular formula is C15H20F2N4. The van der Waals surface area contributed by atoms with Crippen LogP contribution in [-0.4, -0.2) is 21.5 Å². The zero-order valence-corrected chi connectivity index (χ0v) is 12.5. The van der Waals surface area contributed by atoms with Crippen LogP contribution >= 0.6 is 0 Å². The van der Waals surface area contributed by atoms with Crippen molar-refractivity contribution in [2.45, 2.75) is 39.7 Å². The van der Waals surface area contributed by atoms with Gasteiger partial charge in [-0.15, -0.1) is 5.10 Å². The molecule has 0 aliphatic rings. The summed E-state index contributed by atoms with van der Waals surface area (Å²) in [5.74, 6) is -1.24. The SMILES string of the molecule is CCNC(CC)c1nnn(-c2cc(F)cc(F)c2)c1CC. The highest BCUT2D eigenvalue weighted by Crippen LogP contribution is 2.22. The smallest absolute Gasteiger partial charge is 0.128 e. The van der Waals surface area contributed by atoms with Crippen LogP contribution < -0.4 is 5.32 Å². The van der Waals surface area contributed by atoms with Gasteiger partial charge in [-0.2, -0.15) is 0 Å². The van der Waals surface area contributed by atoms with E-state index in [0.29, 0.717) is 12.1 Å². The zero-order valence-electron chi connectivity index (χ0n) is 12.5. The lowest BCUT2D eigenvalue weighted by Gasteiger charge is -2.15. The fourth-order valence-corrected chi connectivity index (χ4v) is 2.46. The molecule has 1 N–H and O–H groups in total. The Morgan fingerprint density at radius 2 is 1.81 bits per heavy atom. The van der Waals surface area contributed by atoms with E-state index in [0.717, 1.165) is 30.4 Å². The molecule has 0 radical (unpaired) electrons. The lowest BCUT2D eigenvalue weighted by molar-refractivity contribution is 0.520. The van der Waals surface area contributed by atoms with E-state index in [9.17, 15) is 8.78 Å². The van der Waals surface area contributed by atoms with E-state index >= 15 is 0 Å². The van der Waals surface area contributed by atoms with Crippen molar-refractivity contribution < 1.29 is 8.78 Å². The van der Waals surface area contributed by atoms with Gasteiger partial charge in [0, 0.05) is 6.07 Å². The number of benzene rings is 1. The van der Waals surface area contributed by atoms with E-state index in [-0.39, 0.29) is 6.04 Å². The third-order valence-corrected chi connectivity index (χ3v) is 3.41. The highest BCUT2D eigenvalue weighted by molar-refractivity contribution is 5.35. The molecule has 2 aromatic rings. The van der Waals surface area contributed by atoms with Gasteiger partial charge >= 0.3 is 0 Å². The van der Waals surface area contributed by atoms with E-state index in [4.69, 9.17) is 0 Å². The summed E-state index contributed by atoms with van der Waals surface area (Å²) in [6.07, 6.45) is 1.55. The molecule has 0 amide bonds. The summed E-state index contributed by atoms with van der Waals surface area (Å²) in [5, 5.41) is 11.6. The van der Waals surface area contributed by atoms with E-state index in [1.54, 1.807) is 0 Å². The summed E-state index contributed by atoms with van der Waals surface area (Å²) < 4.78 is 28.3. The standard InChI is InChI=1S/C15H20F2N4/c1-4-13(18-6-3)15-14(5-2)21(20-19-15)12-8-10(16)7-11(17)9-12/h7-9,13,18H,4-6H2,1-3H3. The molecule has 1 heterocycles. The van der Waals surface area contributed by atoms with Crippen LogP contribution in [0.15, 0.2) is 18.2 Å². The van der Waals surface area contributed by atoms with Gasteiger partial charge in [-0.1, -0.05) is 26.0 Å². The van der Waals surface area contributed by atoms with Crippen molar-refractivity contribution in [3.63, 3.8) is 0 Å². The fourth-order valence-electron chi connectivity index (χ4n) is 2.46. The lowest BCUT2D eigenvalue weighted by Crippen LogP contribution is -2.21. The summed E-state index contributed by atoms with van der Waals surface area (Å²) in [6, 6.07) is 3.46. The molecule has 2 rings (SSSR count). The quantitative estimate of drug-likeness (QED) is 0.890. The first-order valence-corrected chi connectivity index (χ1v) is 7.24. The molecule has 0 saturated heterocycles. The molecule has 1 aromatic heterocycles. The van der Waals surface area contributed by atoms with Crippen LogP contribution in [-0.2, 0) is 6.42 Å². The first-order chi connectivity index (χ1) is 10.1. The van der Waals surface area contributed by atoms with Crippen LogP contribution in [0.3, 0.4) is 0 Å². The Kier molecular flexibility index (Phi) is 5.01. The van der Waals surface area contributed by atoms with Gasteiger partial charge in [0.05, 0.1) is 17.4 Å². The van der Waals surface area contributed by atoms with Crippen molar-refractivity contribution in [3.8, 4) is 5.69 Å². The van der Waals surface area contributed by atoms with E-state index < -0.39 is 11.6 Å². The van der Waals surface area contributed by atoms with Gasteiger partial charge < -0.3 is 5.32 Å². The Labute approximate surface area is 123 Å². The molecule has 1 aromatic carbocycles. The maximum atomic E-state index is 13.4. The molecule has 4 nitrogen and oxygen atoms in total. The van der Waals surface area contributed by atoms with Gasteiger partial charge in [0.1, 0.15) is 17.3 Å². The Morgan fingerprint density at radius 1 is 1.14 bits per heavy atom. The zero-order chi connectivity index (χ0) is 15.4. The fraction of sp³-hybridized carbons (Fsp3) is 0.467. The first-order valence-electron chi connectivity index (χ1n) is 7.24. The monoisotopic (exact) mass is 294 g/mol. The second-order valence-corrected chi connectivity index (χ2v) is 4.83. The first kappa shape index (κ1) is 15.6. The molecule has 1 unspecified atom stereocenters. The van der Waals surface area contributed by atoms with Gasteiger partial charge in [-0.05, 0) is 31.5 Å². The Morgan fingerprint density at radius 3 is 2.33 bits per heavy atom. The number of halogens is 2. The summed E-state index contributed by atoms with van der Waals surface area (Å²) in [4.78, 5) is 0. The maximum Gasteiger partial charge on any atom is 0.128 e. The van der Waals surface area contributed by atoms with Crippen molar-refractivity contribution in [1.29, 1.82) is 0 Å².